The van der Waals surface area contributed by atoms with Gasteiger partial charge in [0, 0.05) is 5.56 Å². The van der Waals surface area contributed by atoms with Crippen LogP contribution in [0.4, 0.5) is 17.6 Å². The van der Waals surface area contributed by atoms with Gasteiger partial charge in [-0.05, 0) is 54.1 Å². The molecule has 0 aliphatic rings. The lowest BCUT2D eigenvalue weighted by molar-refractivity contribution is -0.141. The number of hydrogen-bond donors (Lipinski definition) is 0. The lowest BCUT2D eigenvalue weighted by Gasteiger charge is -2.12. The van der Waals surface area contributed by atoms with Crippen LogP contribution < -0.4 is 9.47 Å². The third-order valence-corrected chi connectivity index (χ3v) is 5.19. The van der Waals surface area contributed by atoms with Crippen molar-refractivity contribution >= 4 is 11.6 Å². The van der Waals surface area contributed by atoms with E-state index in [9.17, 15) is 17.6 Å². The minimum atomic E-state index is -4.62. The quantitative estimate of drug-likeness (QED) is 0.283. The van der Waals surface area contributed by atoms with Gasteiger partial charge in [0.25, 0.3) is 0 Å². The van der Waals surface area contributed by atoms with Gasteiger partial charge >= 0.3 is 6.18 Å². The number of methoxy groups -OCH3 is 1. The number of benzene rings is 3. The maximum atomic E-state index is 13.7. The van der Waals surface area contributed by atoms with Crippen molar-refractivity contribution in [2.45, 2.75) is 12.8 Å². The Bertz CT molecular complexity index is 1270. The van der Waals surface area contributed by atoms with Crippen molar-refractivity contribution in [3.63, 3.8) is 0 Å². The molecule has 0 radical (unpaired) electrons. The number of halogens is 5. The molecule has 33 heavy (non-hydrogen) atoms. The van der Waals surface area contributed by atoms with Crippen molar-refractivity contribution < 1.29 is 27.0 Å². The zero-order valence-corrected chi connectivity index (χ0v) is 18.0. The average molecular weight is 477 g/mol. The molecule has 0 bridgehead atoms. The smallest absolute Gasteiger partial charge is 0.435 e. The Kier molecular flexibility index (Phi) is 6.29. The molecule has 4 aromatic rings. The zero-order valence-electron chi connectivity index (χ0n) is 17.2. The van der Waals surface area contributed by atoms with Crippen LogP contribution in [-0.4, -0.2) is 16.9 Å². The molecule has 0 aliphatic carbocycles. The molecule has 0 saturated carbocycles. The highest BCUT2D eigenvalue weighted by Gasteiger charge is 2.35. The van der Waals surface area contributed by atoms with Crippen molar-refractivity contribution in [2.24, 2.45) is 0 Å². The first-order valence-electron chi connectivity index (χ1n) is 9.74. The van der Waals surface area contributed by atoms with Gasteiger partial charge in [0.05, 0.1) is 23.5 Å². The van der Waals surface area contributed by atoms with E-state index in [1.54, 1.807) is 48.5 Å². The highest BCUT2D eigenvalue weighted by Crippen LogP contribution is 2.33. The van der Waals surface area contributed by atoms with E-state index in [1.807, 2.05) is 0 Å². The Morgan fingerprint density at radius 3 is 2.36 bits per heavy atom. The first-order chi connectivity index (χ1) is 15.8. The second-order valence-corrected chi connectivity index (χ2v) is 7.45. The molecule has 0 unspecified atom stereocenters. The van der Waals surface area contributed by atoms with Gasteiger partial charge in [-0.25, -0.2) is 9.07 Å². The molecule has 1 heterocycles. The number of nitrogens with zero attached hydrogens (tertiary/aromatic N) is 2. The lowest BCUT2D eigenvalue weighted by Crippen LogP contribution is -2.08. The van der Waals surface area contributed by atoms with Crippen LogP contribution >= 0.6 is 11.6 Å². The number of alkyl halides is 3. The fourth-order valence-electron chi connectivity index (χ4n) is 3.29. The molecule has 4 rings (SSSR count). The molecule has 3 aromatic carbocycles. The second-order valence-electron chi connectivity index (χ2n) is 7.04. The van der Waals surface area contributed by atoms with E-state index in [1.165, 1.54) is 25.3 Å². The molecule has 0 spiro atoms. The number of aromatic nitrogens is 2. The average Bonchev–Trinajstić information content (AvgIpc) is 3.23. The monoisotopic (exact) mass is 476 g/mol. The summed E-state index contributed by atoms with van der Waals surface area (Å²) in [5.74, 6) is 0.516. The Morgan fingerprint density at radius 1 is 0.970 bits per heavy atom. The van der Waals surface area contributed by atoms with Crippen LogP contribution in [0, 0.1) is 5.82 Å². The SMILES string of the molecule is COc1ccc(F)cc1-c1ccc(OCc2cc(C(F)(F)F)nn2-c2ccccc2Cl)cc1. The molecule has 170 valence electrons. The maximum Gasteiger partial charge on any atom is 0.435 e. The molecule has 0 aliphatic heterocycles. The molecule has 9 heteroatoms. The Morgan fingerprint density at radius 2 is 1.70 bits per heavy atom. The summed E-state index contributed by atoms with van der Waals surface area (Å²) in [7, 11) is 1.49. The number of rotatable bonds is 6. The van der Waals surface area contributed by atoms with Crippen LogP contribution in [0.5, 0.6) is 11.5 Å². The molecule has 0 atom stereocenters. The summed E-state index contributed by atoms with van der Waals surface area (Å²) in [6.07, 6.45) is -4.62. The fourth-order valence-corrected chi connectivity index (χ4v) is 3.50. The van der Waals surface area contributed by atoms with Crippen LogP contribution in [-0.2, 0) is 12.8 Å². The van der Waals surface area contributed by atoms with E-state index in [4.69, 9.17) is 21.1 Å². The lowest BCUT2D eigenvalue weighted by atomic mass is 10.0. The number of hydrogen-bond acceptors (Lipinski definition) is 3. The van der Waals surface area contributed by atoms with Crippen LogP contribution in [0.2, 0.25) is 5.02 Å². The molecule has 0 fully saturated rings. The second kappa shape index (κ2) is 9.15. The minimum absolute atomic E-state index is 0.173. The van der Waals surface area contributed by atoms with E-state index < -0.39 is 17.7 Å². The van der Waals surface area contributed by atoms with Crippen molar-refractivity contribution in [1.82, 2.24) is 9.78 Å². The van der Waals surface area contributed by atoms with Crippen molar-refractivity contribution in [1.29, 1.82) is 0 Å². The first-order valence-corrected chi connectivity index (χ1v) is 10.1. The molecule has 0 N–H and O–H groups in total. The van der Waals surface area contributed by atoms with E-state index in [0.29, 0.717) is 28.3 Å². The Hall–Kier alpha value is -3.52. The molecule has 0 amide bonds. The van der Waals surface area contributed by atoms with Gasteiger partial charge in [-0.1, -0.05) is 35.9 Å². The van der Waals surface area contributed by atoms with Crippen molar-refractivity contribution in [3.8, 4) is 28.3 Å². The highest BCUT2D eigenvalue weighted by atomic mass is 35.5. The number of ether oxygens (including phenoxy) is 2. The van der Waals surface area contributed by atoms with E-state index in [0.717, 1.165) is 10.7 Å². The van der Waals surface area contributed by atoms with E-state index >= 15 is 0 Å². The summed E-state index contributed by atoms with van der Waals surface area (Å²) in [6.45, 7) is -0.184. The standard InChI is InChI=1S/C24H17ClF4N2O2/c1-32-22-11-8-16(26)12-19(22)15-6-9-18(10-7-15)33-14-17-13-23(24(27,28)29)30-31(17)21-5-3-2-4-20(21)25/h2-13H,14H2,1H3. The topological polar surface area (TPSA) is 36.3 Å². The van der Waals surface area contributed by atoms with Gasteiger partial charge < -0.3 is 9.47 Å². The summed E-state index contributed by atoms with van der Waals surface area (Å²) in [6, 6.07) is 18.3. The van der Waals surface area contributed by atoms with Gasteiger partial charge in [-0.3, -0.25) is 0 Å². The fraction of sp³-hybridized carbons (Fsp3) is 0.125. The summed E-state index contributed by atoms with van der Waals surface area (Å²) in [4.78, 5) is 0. The summed E-state index contributed by atoms with van der Waals surface area (Å²) in [5, 5.41) is 3.94. The van der Waals surface area contributed by atoms with E-state index in [-0.39, 0.29) is 17.3 Å². The highest BCUT2D eigenvalue weighted by molar-refractivity contribution is 6.32. The van der Waals surface area contributed by atoms with Crippen LogP contribution in [0.15, 0.2) is 72.8 Å². The molecular weight excluding hydrogens is 460 g/mol. The third kappa shape index (κ3) is 4.96. The molecule has 0 saturated heterocycles. The van der Waals surface area contributed by atoms with Gasteiger partial charge in [-0.2, -0.15) is 18.3 Å². The van der Waals surface area contributed by atoms with Gasteiger partial charge in [0.1, 0.15) is 23.9 Å². The predicted octanol–water partition coefficient (Wildman–Crippen LogP) is 6.94. The maximum absolute atomic E-state index is 13.7. The van der Waals surface area contributed by atoms with E-state index in [2.05, 4.69) is 5.10 Å². The summed E-state index contributed by atoms with van der Waals surface area (Å²) in [5.41, 5.74) is 0.692. The normalized spacial score (nSPS) is 11.5. The summed E-state index contributed by atoms with van der Waals surface area (Å²) >= 11 is 6.16. The van der Waals surface area contributed by atoms with Crippen LogP contribution in [0.1, 0.15) is 11.4 Å². The van der Waals surface area contributed by atoms with Crippen molar-refractivity contribution in [3.05, 3.63) is 95.0 Å². The molecule has 1 aromatic heterocycles. The number of para-hydroxylation sites is 1. The third-order valence-electron chi connectivity index (χ3n) is 4.87. The van der Waals surface area contributed by atoms with Gasteiger partial charge in [0.2, 0.25) is 0 Å². The Balaban J connectivity index is 1.59. The molecule has 4 nitrogen and oxygen atoms in total. The van der Waals surface area contributed by atoms with Gasteiger partial charge in [0.15, 0.2) is 5.69 Å². The zero-order chi connectivity index (χ0) is 23.6. The first kappa shape index (κ1) is 22.7. The Labute approximate surface area is 191 Å². The summed E-state index contributed by atoms with van der Waals surface area (Å²) < 4.78 is 65.6. The van der Waals surface area contributed by atoms with Gasteiger partial charge in [-0.15, -0.1) is 0 Å². The molecular formula is C24H17ClF4N2O2. The van der Waals surface area contributed by atoms with Crippen LogP contribution in [0.3, 0.4) is 0 Å². The largest absolute Gasteiger partial charge is 0.496 e. The minimum Gasteiger partial charge on any atom is -0.496 e. The van der Waals surface area contributed by atoms with Crippen molar-refractivity contribution in [2.75, 3.05) is 7.11 Å². The van der Waals surface area contributed by atoms with Crippen LogP contribution in [0.25, 0.3) is 16.8 Å². The predicted molar refractivity (Wildman–Crippen MR) is 116 cm³/mol.